The Balaban J connectivity index is 1.98. The van der Waals surface area contributed by atoms with Crippen LogP contribution in [-0.2, 0) is 11.3 Å². The maximum absolute atomic E-state index is 12.0. The minimum absolute atomic E-state index is 0.0622. The molecule has 7 heteroatoms. The Labute approximate surface area is 129 Å². The molecule has 22 heavy (non-hydrogen) atoms. The fraction of sp³-hybridized carbons (Fsp3) is 0.400. The average molecular weight is 304 g/mol. The van der Waals surface area contributed by atoms with Crippen molar-refractivity contribution in [2.45, 2.75) is 25.9 Å². The topological polar surface area (TPSA) is 78.3 Å². The smallest absolute Gasteiger partial charge is 0.222 e. The number of methoxy groups -OCH3 is 2. The number of carbonyl (C=O) groups excluding carboxylic acids is 1. The van der Waals surface area contributed by atoms with Crippen LogP contribution < -0.4 is 14.8 Å². The van der Waals surface area contributed by atoms with Gasteiger partial charge in [-0.3, -0.25) is 9.48 Å². The number of rotatable bonds is 7. The minimum atomic E-state index is -0.187. The molecular formula is C15H20N4O3. The number of benzene rings is 1. The van der Waals surface area contributed by atoms with Gasteiger partial charge in [0.2, 0.25) is 5.91 Å². The Hall–Kier alpha value is -2.57. The van der Waals surface area contributed by atoms with Crippen molar-refractivity contribution in [1.82, 2.24) is 20.1 Å². The molecule has 0 aliphatic rings. The van der Waals surface area contributed by atoms with E-state index in [9.17, 15) is 4.79 Å². The average Bonchev–Trinajstić information content (AvgIpc) is 3.05. The summed E-state index contributed by atoms with van der Waals surface area (Å²) in [6.07, 6.45) is 3.36. The molecule has 2 aromatic rings. The number of nitrogens with zero attached hydrogens (tertiary/aromatic N) is 3. The van der Waals surface area contributed by atoms with Crippen molar-refractivity contribution < 1.29 is 14.3 Å². The van der Waals surface area contributed by atoms with Gasteiger partial charge in [0.25, 0.3) is 0 Å². The lowest BCUT2D eigenvalue weighted by molar-refractivity contribution is -0.122. The second kappa shape index (κ2) is 7.44. The third-order valence-electron chi connectivity index (χ3n) is 3.32. The zero-order valence-electron chi connectivity index (χ0n) is 12.9. The van der Waals surface area contributed by atoms with E-state index in [1.807, 2.05) is 25.1 Å². The van der Waals surface area contributed by atoms with Crippen molar-refractivity contribution in [1.29, 1.82) is 0 Å². The molecule has 7 nitrogen and oxygen atoms in total. The summed E-state index contributed by atoms with van der Waals surface area (Å²) in [7, 11) is 3.21. The van der Waals surface area contributed by atoms with Gasteiger partial charge in [-0.25, -0.2) is 4.98 Å². The summed E-state index contributed by atoms with van der Waals surface area (Å²) < 4.78 is 12.2. The van der Waals surface area contributed by atoms with Crippen molar-refractivity contribution in [2.24, 2.45) is 0 Å². The van der Waals surface area contributed by atoms with Crippen LogP contribution in [0.15, 0.2) is 30.9 Å². The van der Waals surface area contributed by atoms with Gasteiger partial charge < -0.3 is 14.8 Å². The predicted molar refractivity (Wildman–Crippen MR) is 80.7 cm³/mol. The molecule has 1 heterocycles. The van der Waals surface area contributed by atoms with Crippen molar-refractivity contribution in [3.8, 4) is 11.5 Å². The third kappa shape index (κ3) is 3.97. The van der Waals surface area contributed by atoms with E-state index in [1.54, 1.807) is 25.2 Å². The Morgan fingerprint density at radius 2 is 2.18 bits per heavy atom. The summed E-state index contributed by atoms with van der Waals surface area (Å²) in [5.41, 5.74) is 0.871. The molecule has 1 aromatic carbocycles. The molecular weight excluding hydrogens is 284 g/mol. The highest BCUT2D eigenvalue weighted by Gasteiger charge is 2.15. The monoisotopic (exact) mass is 304 g/mol. The second-order valence-electron chi connectivity index (χ2n) is 4.81. The molecule has 0 aliphatic heterocycles. The Bertz CT molecular complexity index is 613. The summed E-state index contributed by atoms with van der Waals surface area (Å²) in [5.74, 6) is 1.37. The van der Waals surface area contributed by atoms with Crippen molar-refractivity contribution in [3.63, 3.8) is 0 Å². The Morgan fingerprint density at radius 3 is 2.82 bits per heavy atom. The number of hydrogen-bond donors (Lipinski definition) is 1. The maximum atomic E-state index is 12.0. The van der Waals surface area contributed by atoms with Crippen molar-refractivity contribution >= 4 is 5.91 Å². The molecule has 0 aliphatic carbocycles. The van der Waals surface area contributed by atoms with Crippen LogP contribution in [0, 0.1) is 0 Å². The molecule has 0 unspecified atom stereocenters. The molecule has 1 atom stereocenters. The van der Waals surface area contributed by atoms with E-state index < -0.39 is 0 Å². The highest BCUT2D eigenvalue weighted by molar-refractivity contribution is 5.76. The van der Waals surface area contributed by atoms with Crippen LogP contribution in [0.25, 0.3) is 0 Å². The largest absolute Gasteiger partial charge is 0.497 e. The summed E-state index contributed by atoms with van der Waals surface area (Å²) >= 11 is 0. The quantitative estimate of drug-likeness (QED) is 0.840. The van der Waals surface area contributed by atoms with Crippen LogP contribution in [0.3, 0.4) is 0 Å². The first kappa shape index (κ1) is 15.8. The van der Waals surface area contributed by atoms with Gasteiger partial charge in [-0.05, 0) is 25.1 Å². The summed E-state index contributed by atoms with van der Waals surface area (Å²) in [6.45, 7) is 2.40. The first-order valence-corrected chi connectivity index (χ1v) is 6.97. The summed E-state index contributed by atoms with van der Waals surface area (Å²) in [5, 5.41) is 6.91. The molecule has 1 aromatic heterocycles. The summed E-state index contributed by atoms with van der Waals surface area (Å²) in [4.78, 5) is 15.9. The van der Waals surface area contributed by atoms with E-state index in [2.05, 4.69) is 15.4 Å². The first-order valence-electron chi connectivity index (χ1n) is 6.97. The predicted octanol–water partition coefficient (Wildman–Crippen LogP) is 1.56. The number of ether oxygens (including phenoxy) is 2. The van der Waals surface area contributed by atoms with Gasteiger partial charge in [-0.15, -0.1) is 0 Å². The zero-order valence-corrected chi connectivity index (χ0v) is 12.9. The van der Waals surface area contributed by atoms with Gasteiger partial charge in [-0.1, -0.05) is 0 Å². The van der Waals surface area contributed by atoms with E-state index in [-0.39, 0.29) is 11.9 Å². The maximum Gasteiger partial charge on any atom is 0.222 e. The highest BCUT2D eigenvalue weighted by Crippen LogP contribution is 2.29. The van der Waals surface area contributed by atoms with E-state index in [1.165, 1.54) is 6.33 Å². The number of hydrogen-bond acceptors (Lipinski definition) is 5. The van der Waals surface area contributed by atoms with E-state index in [0.717, 1.165) is 11.3 Å². The van der Waals surface area contributed by atoms with Gasteiger partial charge in [-0.2, -0.15) is 5.10 Å². The van der Waals surface area contributed by atoms with Gasteiger partial charge in [0.15, 0.2) is 0 Å². The Kier molecular flexibility index (Phi) is 5.35. The number of carbonyl (C=O) groups is 1. The fourth-order valence-electron chi connectivity index (χ4n) is 2.13. The van der Waals surface area contributed by atoms with Crippen LogP contribution in [0.5, 0.6) is 11.5 Å². The van der Waals surface area contributed by atoms with Crippen LogP contribution in [0.1, 0.15) is 24.9 Å². The molecule has 0 saturated heterocycles. The highest BCUT2D eigenvalue weighted by atomic mass is 16.5. The lowest BCUT2D eigenvalue weighted by Crippen LogP contribution is -2.27. The van der Waals surface area contributed by atoms with Gasteiger partial charge in [0.1, 0.15) is 24.2 Å². The van der Waals surface area contributed by atoms with Crippen molar-refractivity contribution in [2.75, 3.05) is 14.2 Å². The Morgan fingerprint density at radius 1 is 1.36 bits per heavy atom. The standard InChI is InChI=1S/C15H20N4O3/c1-11(13-8-12(21-2)4-5-14(13)22-3)18-15(20)6-7-19-10-16-9-17-19/h4-5,8-11H,6-7H2,1-3H3,(H,18,20)/t11-/m0/s1. The number of amides is 1. The SMILES string of the molecule is COc1ccc(OC)c([C@H](C)NC(=O)CCn2cncn2)c1. The fourth-order valence-corrected chi connectivity index (χ4v) is 2.13. The normalized spacial score (nSPS) is 11.8. The number of aromatic nitrogens is 3. The van der Waals surface area contributed by atoms with E-state index in [4.69, 9.17) is 9.47 Å². The summed E-state index contributed by atoms with van der Waals surface area (Å²) in [6, 6.07) is 5.32. The minimum Gasteiger partial charge on any atom is -0.497 e. The molecule has 118 valence electrons. The molecule has 0 saturated carbocycles. The molecule has 1 N–H and O–H groups in total. The molecule has 0 spiro atoms. The third-order valence-corrected chi connectivity index (χ3v) is 3.32. The number of aryl methyl sites for hydroxylation is 1. The second-order valence-corrected chi connectivity index (χ2v) is 4.81. The van der Waals surface area contributed by atoms with Crippen molar-refractivity contribution in [3.05, 3.63) is 36.4 Å². The molecule has 0 fully saturated rings. The van der Waals surface area contributed by atoms with Crippen LogP contribution in [0.2, 0.25) is 0 Å². The molecule has 2 rings (SSSR count). The van der Waals surface area contributed by atoms with Gasteiger partial charge in [0.05, 0.1) is 26.8 Å². The lowest BCUT2D eigenvalue weighted by atomic mass is 10.1. The zero-order chi connectivity index (χ0) is 15.9. The lowest BCUT2D eigenvalue weighted by Gasteiger charge is -2.18. The molecule has 0 radical (unpaired) electrons. The first-order chi connectivity index (χ1) is 10.6. The molecule has 0 bridgehead atoms. The van der Waals surface area contributed by atoms with Crippen LogP contribution in [0.4, 0.5) is 0 Å². The number of nitrogens with one attached hydrogen (secondary N) is 1. The molecule has 1 amide bonds. The van der Waals surface area contributed by atoms with Gasteiger partial charge >= 0.3 is 0 Å². The van der Waals surface area contributed by atoms with E-state index >= 15 is 0 Å². The van der Waals surface area contributed by atoms with Crippen LogP contribution in [-0.4, -0.2) is 34.9 Å². The van der Waals surface area contributed by atoms with E-state index in [0.29, 0.717) is 18.7 Å². The van der Waals surface area contributed by atoms with Crippen LogP contribution >= 0.6 is 0 Å². The van der Waals surface area contributed by atoms with Gasteiger partial charge in [0, 0.05) is 12.0 Å².